The van der Waals surface area contributed by atoms with E-state index in [1.165, 1.54) is 0 Å². The first-order valence-electron chi connectivity index (χ1n) is 4.56. The maximum Gasteiger partial charge on any atom is 0.240 e. The minimum absolute atomic E-state index is 0.0394. The first-order valence-corrected chi connectivity index (χ1v) is 4.56. The van der Waals surface area contributed by atoms with Gasteiger partial charge in [-0.25, -0.2) is 0 Å². The van der Waals surface area contributed by atoms with E-state index in [-0.39, 0.29) is 11.9 Å². The topological polar surface area (TPSA) is 55.1 Å². The van der Waals surface area contributed by atoms with Gasteiger partial charge in [0.2, 0.25) is 5.91 Å². The summed E-state index contributed by atoms with van der Waals surface area (Å²) in [6.07, 6.45) is 1.37. The van der Waals surface area contributed by atoms with Gasteiger partial charge >= 0.3 is 0 Å². The SMILES string of the molecule is CCC(N)(CC)C(=O)NC(C)C. The van der Waals surface area contributed by atoms with Crippen LogP contribution in [0, 0.1) is 0 Å². The smallest absolute Gasteiger partial charge is 0.240 e. The zero-order valence-electron chi connectivity index (χ0n) is 8.48. The third kappa shape index (κ3) is 2.81. The molecule has 0 spiro atoms. The molecular formula is C9H20N2O. The molecule has 3 N–H and O–H groups in total. The predicted octanol–water partition coefficient (Wildman–Crippen LogP) is 1.03. The number of hydrogen-bond acceptors (Lipinski definition) is 2. The molecule has 0 saturated heterocycles. The number of carbonyl (C=O) groups excluding carboxylic acids is 1. The molecule has 0 aromatic rings. The van der Waals surface area contributed by atoms with E-state index in [9.17, 15) is 4.79 Å². The van der Waals surface area contributed by atoms with Gasteiger partial charge in [0.1, 0.15) is 0 Å². The van der Waals surface area contributed by atoms with E-state index >= 15 is 0 Å². The van der Waals surface area contributed by atoms with Crippen molar-refractivity contribution in [2.75, 3.05) is 0 Å². The fourth-order valence-corrected chi connectivity index (χ4v) is 0.977. The summed E-state index contributed by atoms with van der Waals surface area (Å²) in [5, 5.41) is 2.82. The Morgan fingerprint density at radius 1 is 1.42 bits per heavy atom. The first kappa shape index (κ1) is 11.4. The zero-order chi connectivity index (χ0) is 9.78. The van der Waals surface area contributed by atoms with Crippen molar-refractivity contribution in [1.29, 1.82) is 0 Å². The molecule has 0 unspecified atom stereocenters. The molecule has 0 aliphatic carbocycles. The second-order valence-electron chi connectivity index (χ2n) is 3.49. The molecule has 0 aromatic carbocycles. The van der Waals surface area contributed by atoms with Crippen LogP contribution >= 0.6 is 0 Å². The van der Waals surface area contributed by atoms with E-state index in [1.807, 2.05) is 27.7 Å². The highest BCUT2D eigenvalue weighted by Gasteiger charge is 2.29. The molecule has 3 heteroatoms. The number of hydrogen-bond donors (Lipinski definition) is 2. The summed E-state index contributed by atoms with van der Waals surface area (Å²) < 4.78 is 0. The average molecular weight is 172 g/mol. The Morgan fingerprint density at radius 2 is 1.83 bits per heavy atom. The normalized spacial score (nSPS) is 11.8. The van der Waals surface area contributed by atoms with Crippen molar-refractivity contribution in [2.24, 2.45) is 5.73 Å². The number of rotatable bonds is 4. The maximum absolute atomic E-state index is 11.5. The van der Waals surface area contributed by atoms with Gasteiger partial charge in [0.25, 0.3) is 0 Å². The zero-order valence-corrected chi connectivity index (χ0v) is 8.48. The Morgan fingerprint density at radius 3 is 2.08 bits per heavy atom. The van der Waals surface area contributed by atoms with Gasteiger partial charge in [-0.1, -0.05) is 13.8 Å². The van der Waals surface area contributed by atoms with Crippen molar-refractivity contribution >= 4 is 5.91 Å². The molecule has 0 radical (unpaired) electrons. The molecule has 0 aliphatic heterocycles. The summed E-state index contributed by atoms with van der Waals surface area (Å²) in [4.78, 5) is 11.5. The molecule has 72 valence electrons. The summed E-state index contributed by atoms with van der Waals surface area (Å²) in [5.74, 6) is -0.0394. The van der Waals surface area contributed by atoms with Crippen LogP contribution in [-0.2, 0) is 4.79 Å². The highest BCUT2D eigenvalue weighted by Crippen LogP contribution is 2.11. The van der Waals surface area contributed by atoms with Crippen LogP contribution < -0.4 is 11.1 Å². The molecule has 0 saturated carbocycles. The van der Waals surface area contributed by atoms with Gasteiger partial charge in [-0.15, -0.1) is 0 Å². The van der Waals surface area contributed by atoms with Crippen LogP contribution in [-0.4, -0.2) is 17.5 Å². The molecule has 1 amide bonds. The van der Waals surface area contributed by atoms with Crippen molar-refractivity contribution in [3.63, 3.8) is 0 Å². The van der Waals surface area contributed by atoms with Gasteiger partial charge in [0, 0.05) is 6.04 Å². The lowest BCUT2D eigenvalue weighted by Crippen LogP contribution is -2.54. The van der Waals surface area contributed by atoms with E-state index in [0.717, 1.165) is 0 Å². The van der Waals surface area contributed by atoms with Gasteiger partial charge in [-0.3, -0.25) is 4.79 Å². The van der Waals surface area contributed by atoms with E-state index in [1.54, 1.807) is 0 Å². The van der Waals surface area contributed by atoms with Gasteiger partial charge in [-0.2, -0.15) is 0 Å². The fraction of sp³-hybridized carbons (Fsp3) is 0.889. The predicted molar refractivity (Wildman–Crippen MR) is 50.8 cm³/mol. The Labute approximate surface area is 74.7 Å². The Bertz CT molecular complexity index is 151. The van der Waals surface area contributed by atoms with Crippen LogP contribution in [0.4, 0.5) is 0 Å². The number of carbonyl (C=O) groups is 1. The number of nitrogens with one attached hydrogen (secondary N) is 1. The van der Waals surface area contributed by atoms with Crippen molar-refractivity contribution < 1.29 is 4.79 Å². The Balaban J connectivity index is 4.22. The first-order chi connectivity index (χ1) is 5.46. The minimum atomic E-state index is -0.676. The average Bonchev–Trinajstić information content (AvgIpc) is 2.02. The van der Waals surface area contributed by atoms with Crippen LogP contribution in [0.1, 0.15) is 40.5 Å². The monoisotopic (exact) mass is 172 g/mol. The van der Waals surface area contributed by atoms with Crippen molar-refractivity contribution in [1.82, 2.24) is 5.32 Å². The standard InChI is InChI=1S/C9H20N2O/c1-5-9(10,6-2)8(12)11-7(3)4/h7H,5-6,10H2,1-4H3,(H,11,12). The van der Waals surface area contributed by atoms with Crippen LogP contribution in [0.3, 0.4) is 0 Å². The van der Waals surface area contributed by atoms with E-state index in [0.29, 0.717) is 12.8 Å². The van der Waals surface area contributed by atoms with Crippen molar-refractivity contribution in [3.8, 4) is 0 Å². The van der Waals surface area contributed by atoms with Gasteiger partial charge in [0.15, 0.2) is 0 Å². The molecule has 0 aliphatic rings. The largest absolute Gasteiger partial charge is 0.352 e. The van der Waals surface area contributed by atoms with E-state index in [2.05, 4.69) is 5.32 Å². The minimum Gasteiger partial charge on any atom is -0.352 e. The molecule has 0 fully saturated rings. The number of nitrogens with two attached hydrogens (primary N) is 1. The van der Waals surface area contributed by atoms with Crippen LogP contribution in [0.5, 0.6) is 0 Å². The number of amides is 1. The van der Waals surface area contributed by atoms with Crippen molar-refractivity contribution in [2.45, 2.75) is 52.1 Å². The highest BCUT2D eigenvalue weighted by molar-refractivity contribution is 5.86. The van der Waals surface area contributed by atoms with E-state index in [4.69, 9.17) is 5.73 Å². The summed E-state index contributed by atoms with van der Waals surface area (Å²) in [6.45, 7) is 7.74. The fourth-order valence-electron chi connectivity index (χ4n) is 0.977. The third-order valence-corrected chi connectivity index (χ3v) is 2.13. The lowest BCUT2D eigenvalue weighted by atomic mass is 9.93. The molecule has 12 heavy (non-hydrogen) atoms. The maximum atomic E-state index is 11.5. The summed E-state index contributed by atoms with van der Waals surface area (Å²) in [7, 11) is 0. The second-order valence-corrected chi connectivity index (χ2v) is 3.49. The lowest BCUT2D eigenvalue weighted by Gasteiger charge is -2.26. The molecule has 3 nitrogen and oxygen atoms in total. The van der Waals surface area contributed by atoms with Crippen LogP contribution in [0.15, 0.2) is 0 Å². The lowest BCUT2D eigenvalue weighted by molar-refractivity contribution is -0.127. The van der Waals surface area contributed by atoms with Gasteiger partial charge in [-0.05, 0) is 26.7 Å². The Hall–Kier alpha value is -0.570. The summed E-state index contributed by atoms with van der Waals surface area (Å²) >= 11 is 0. The van der Waals surface area contributed by atoms with Gasteiger partial charge < -0.3 is 11.1 Å². The molecule has 0 heterocycles. The van der Waals surface area contributed by atoms with Crippen molar-refractivity contribution in [3.05, 3.63) is 0 Å². The molecule has 0 bridgehead atoms. The summed E-state index contributed by atoms with van der Waals surface area (Å²) in [5.41, 5.74) is 5.20. The molecule has 0 atom stereocenters. The van der Waals surface area contributed by atoms with E-state index < -0.39 is 5.54 Å². The van der Waals surface area contributed by atoms with Crippen LogP contribution in [0.2, 0.25) is 0 Å². The third-order valence-electron chi connectivity index (χ3n) is 2.13. The molecule has 0 aromatic heterocycles. The molecule has 0 rings (SSSR count). The Kier molecular flexibility index (Phi) is 4.24. The molecular weight excluding hydrogens is 152 g/mol. The second kappa shape index (κ2) is 4.45. The quantitative estimate of drug-likeness (QED) is 0.665. The highest BCUT2D eigenvalue weighted by atomic mass is 16.2. The van der Waals surface area contributed by atoms with Crippen LogP contribution in [0.25, 0.3) is 0 Å². The van der Waals surface area contributed by atoms with Gasteiger partial charge in [0.05, 0.1) is 5.54 Å². The summed E-state index contributed by atoms with van der Waals surface area (Å²) in [6, 6.07) is 0.165.